The van der Waals surface area contributed by atoms with Crippen LogP contribution in [0.25, 0.3) is 0 Å². The van der Waals surface area contributed by atoms with Crippen molar-refractivity contribution in [2.75, 3.05) is 29.9 Å². The number of hydrogen-bond acceptors (Lipinski definition) is 3. The Balaban J connectivity index is 1.45. The molecule has 0 radical (unpaired) electrons. The minimum Gasteiger partial charge on any atom is -0.372 e. The third kappa shape index (κ3) is 5.23. The molecule has 0 unspecified atom stereocenters. The van der Waals surface area contributed by atoms with Gasteiger partial charge in [0.1, 0.15) is 0 Å². The molecule has 3 rings (SSSR count). The standard InChI is InChI=1S/C21H26ClN3O/c1-16-10-12-25(13-11-16)19-8-6-18(7-9-19)24-21(26)15-23-14-17-4-2-3-5-20(17)22/h2-9,16,23H,10-15H2,1H3,(H,24,26). The molecule has 26 heavy (non-hydrogen) atoms. The maximum atomic E-state index is 12.1. The average molecular weight is 372 g/mol. The van der Waals surface area contributed by atoms with Crippen molar-refractivity contribution in [3.63, 3.8) is 0 Å². The fraction of sp³-hybridized carbons (Fsp3) is 0.381. The first-order chi connectivity index (χ1) is 12.6. The lowest BCUT2D eigenvalue weighted by Gasteiger charge is -2.32. The highest BCUT2D eigenvalue weighted by Gasteiger charge is 2.15. The van der Waals surface area contributed by atoms with Gasteiger partial charge in [-0.25, -0.2) is 0 Å². The first kappa shape index (κ1) is 18.7. The van der Waals surface area contributed by atoms with E-state index in [0.717, 1.165) is 30.3 Å². The van der Waals surface area contributed by atoms with Gasteiger partial charge in [-0.05, 0) is 54.7 Å². The molecule has 0 spiro atoms. The zero-order chi connectivity index (χ0) is 18.4. The van der Waals surface area contributed by atoms with Crippen LogP contribution in [0.4, 0.5) is 11.4 Å². The molecule has 1 saturated heterocycles. The van der Waals surface area contributed by atoms with Gasteiger partial charge in [0, 0.05) is 36.0 Å². The molecule has 1 fully saturated rings. The van der Waals surface area contributed by atoms with Crippen LogP contribution in [-0.2, 0) is 11.3 Å². The van der Waals surface area contributed by atoms with E-state index in [4.69, 9.17) is 11.6 Å². The van der Waals surface area contributed by atoms with E-state index in [1.54, 1.807) is 0 Å². The Morgan fingerprint density at radius 1 is 1.12 bits per heavy atom. The predicted octanol–water partition coefficient (Wildman–Crippen LogP) is 4.30. The Kier molecular flexibility index (Phi) is 6.53. The van der Waals surface area contributed by atoms with Crippen LogP contribution in [0.2, 0.25) is 5.02 Å². The Morgan fingerprint density at radius 3 is 2.50 bits per heavy atom. The third-order valence-corrected chi connectivity index (χ3v) is 5.23. The molecule has 4 nitrogen and oxygen atoms in total. The van der Waals surface area contributed by atoms with Gasteiger partial charge in [-0.2, -0.15) is 0 Å². The summed E-state index contributed by atoms with van der Waals surface area (Å²) in [5, 5.41) is 6.76. The Labute approximate surface area is 160 Å². The van der Waals surface area contributed by atoms with E-state index in [9.17, 15) is 4.79 Å². The summed E-state index contributed by atoms with van der Waals surface area (Å²) in [6, 6.07) is 15.8. The summed E-state index contributed by atoms with van der Waals surface area (Å²) < 4.78 is 0. The number of piperidine rings is 1. The number of amides is 1. The smallest absolute Gasteiger partial charge is 0.238 e. The van der Waals surface area contributed by atoms with Gasteiger partial charge in [0.2, 0.25) is 5.91 Å². The monoisotopic (exact) mass is 371 g/mol. The number of rotatable bonds is 6. The van der Waals surface area contributed by atoms with E-state index in [2.05, 4.69) is 34.6 Å². The second-order valence-corrected chi connectivity index (χ2v) is 7.37. The highest BCUT2D eigenvalue weighted by Crippen LogP contribution is 2.24. The first-order valence-electron chi connectivity index (χ1n) is 9.21. The lowest BCUT2D eigenvalue weighted by atomic mass is 9.99. The summed E-state index contributed by atoms with van der Waals surface area (Å²) in [5.41, 5.74) is 3.04. The van der Waals surface area contributed by atoms with Crippen LogP contribution in [0, 0.1) is 5.92 Å². The van der Waals surface area contributed by atoms with Crippen molar-refractivity contribution in [2.24, 2.45) is 5.92 Å². The van der Waals surface area contributed by atoms with Crippen LogP contribution >= 0.6 is 11.6 Å². The molecule has 0 aliphatic carbocycles. The maximum Gasteiger partial charge on any atom is 0.238 e. The maximum absolute atomic E-state index is 12.1. The molecular formula is C21H26ClN3O. The van der Waals surface area contributed by atoms with E-state index in [0.29, 0.717) is 11.6 Å². The highest BCUT2D eigenvalue weighted by molar-refractivity contribution is 6.31. The molecule has 2 N–H and O–H groups in total. The number of carbonyl (C=O) groups is 1. The lowest BCUT2D eigenvalue weighted by molar-refractivity contribution is -0.115. The second kappa shape index (κ2) is 9.06. The first-order valence-corrected chi connectivity index (χ1v) is 9.58. The van der Waals surface area contributed by atoms with E-state index in [1.165, 1.54) is 18.5 Å². The third-order valence-electron chi connectivity index (χ3n) is 4.86. The normalized spacial score (nSPS) is 15.1. The molecule has 1 amide bonds. The van der Waals surface area contributed by atoms with Crippen LogP contribution < -0.4 is 15.5 Å². The molecule has 0 saturated carbocycles. The van der Waals surface area contributed by atoms with Gasteiger partial charge in [0.05, 0.1) is 6.54 Å². The van der Waals surface area contributed by atoms with Crippen molar-refractivity contribution >= 4 is 28.9 Å². The lowest BCUT2D eigenvalue weighted by Crippen LogP contribution is -2.32. The summed E-state index contributed by atoms with van der Waals surface area (Å²) >= 11 is 6.11. The van der Waals surface area contributed by atoms with Crippen molar-refractivity contribution in [1.82, 2.24) is 5.32 Å². The molecule has 2 aromatic carbocycles. The molecule has 1 heterocycles. The van der Waals surface area contributed by atoms with E-state index in [-0.39, 0.29) is 12.5 Å². The fourth-order valence-electron chi connectivity index (χ4n) is 3.18. The van der Waals surface area contributed by atoms with Crippen molar-refractivity contribution in [2.45, 2.75) is 26.3 Å². The Morgan fingerprint density at radius 2 is 1.81 bits per heavy atom. The predicted molar refractivity (Wildman–Crippen MR) is 109 cm³/mol. The number of hydrogen-bond donors (Lipinski definition) is 2. The Hall–Kier alpha value is -2.04. The summed E-state index contributed by atoms with van der Waals surface area (Å²) in [4.78, 5) is 14.5. The largest absolute Gasteiger partial charge is 0.372 e. The molecule has 1 aliphatic rings. The van der Waals surface area contributed by atoms with Crippen molar-refractivity contribution in [3.05, 3.63) is 59.1 Å². The second-order valence-electron chi connectivity index (χ2n) is 6.96. The van der Waals surface area contributed by atoms with Crippen LogP contribution in [0.15, 0.2) is 48.5 Å². The Bertz CT molecular complexity index is 724. The minimum absolute atomic E-state index is 0.0587. The number of nitrogens with one attached hydrogen (secondary N) is 2. The van der Waals surface area contributed by atoms with Crippen LogP contribution in [-0.4, -0.2) is 25.5 Å². The minimum atomic E-state index is -0.0587. The summed E-state index contributed by atoms with van der Waals surface area (Å²) in [6.07, 6.45) is 2.49. The van der Waals surface area contributed by atoms with Gasteiger partial charge < -0.3 is 15.5 Å². The molecular weight excluding hydrogens is 346 g/mol. The molecule has 0 atom stereocenters. The fourth-order valence-corrected chi connectivity index (χ4v) is 3.38. The van der Waals surface area contributed by atoms with Gasteiger partial charge >= 0.3 is 0 Å². The van der Waals surface area contributed by atoms with Crippen LogP contribution in [0.5, 0.6) is 0 Å². The zero-order valence-electron chi connectivity index (χ0n) is 15.2. The van der Waals surface area contributed by atoms with Gasteiger partial charge in [-0.3, -0.25) is 4.79 Å². The quantitative estimate of drug-likeness (QED) is 0.795. The van der Waals surface area contributed by atoms with Crippen molar-refractivity contribution in [3.8, 4) is 0 Å². The van der Waals surface area contributed by atoms with Crippen LogP contribution in [0.3, 0.4) is 0 Å². The van der Waals surface area contributed by atoms with E-state index >= 15 is 0 Å². The number of halogens is 1. The van der Waals surface area contributed by atoms with Gasteiger partial charge in [-0.15, -0.1) is 0 Å². The highest BCUT2D eigenvalue weighted by atomic mass is 35.5. The molecule has 1 aliphatic heterocycles. The number of carbonyl (C=O) groups excluding carboxylic acids is 1. The van der Waals surface area contributed by atoms with E-state index < -0.39 is 0 Å². The summed E-state index contributed by atoms with van der Waals surface area (Å²) in [6.45, 7) is 5.35. The van der Waals surface area contributed by atoms with Gasteiger partial charge in [0.25, 0.3) is 0 Å². The van der Waals surface area contributed by atoms with Gasteiger partial charge in [0.15, 0.2) is 0 Å². The summed E-state index contributed by atoms with van der Waals surface area (Å²) in [5.74, 6) is 0.764. The summed E-state index contributed by atoms with van der Waals surface area (Å²) in [7, 11) is 0. The molecule has 5 heteroatoms. The molecule has 0 aromatic heterocycles. The zero-order valence-corrected chi connectivity index (χ0v) is 15.9. The average Bonchev–Trinajstić information content (AvgIpc) is 2.65. The van der Waals surface area contributed by atoms with Gasteiger partial charge in [-0.1, -0.05) is 36.7 Å². The molecule has 138 valence electrons. The van der Waals surface area contributed by atoms with Crippen molar-refractivity contribution in [1.29, 1.82) is 0 Å². The SMILES string of the molecule is CC1CCN(c2ccc(NC(=O)CNCc3ccccc3Cl)cc2)CC1. The van der Waals surface area contributed by atoms with Crippen molar-refractivity contribution < 1.29 is 4.79 Å². The van der Waals surface area contributed by atoms with Crippen LogP contribution in [0.1, 0.15) is 25.3 Å². The number of benzene rings is 2. The topological polar surface area (TPSA) is 44.4 Å². The van der Waals surface area contributed by atoms with E-state index in [1.807, 2.05) is 36.4 Å². The molecule has 0 bridgehead atoms. The number of nitrogens with zero attached hydrogens (tertiary/aromatic N) is 1. The number of anilines is 2. The molecule has 2 aromatic rings.